The summed E-state index contributed by atoms with van der Waals surface area (Å²) >= 11 is 0. The highest BCUT2D eigenvalue weighted by Crippen LogP contribution is 2.36. The second-order valence-corrected chi connectivity index (χ2v) is 6.14. The Morgan fingerprint density at radius 1 is 1.21 bits per heavy atom. The molecule has 104 valence electrons. The fourth-order valence-electron chi connectivity index (χ4n) is 2.61. The van der Waals surface area contributed by atoms with Gasteiger partial charge in [-0.1, -0.05) is 19.9 Å². The van der Waals surface area contributed by atoms with Crippen LogP contribution < -0.4 is 14.8 Å². The number of rotatable bonds is 6. The average molecular weight is 261 g/mol. The lowest BCUT2D eigenvalue weighted by atomic mass is 10.0. The number of nitrogens with one attached hydrogen (secondary N) is 1. The Kier molecular flexibility index (Phi) is 3.65. The largest absolute Gasteiger partial charge is 0.454 e. The predicted molar refractivity (Wildman–Crippen MR) is 75.6 cm³/mol. The monoisotopic (exact) mass is 261 g/mol. The van der Waals surface area contributed by atoms with Gasteiger partial charge in [-0.25, -0.2) is 0 Å². The van der Waals surface area contributed by atoms with Gasteiger partial charge in [0.25, 0.3) is 0 Å². The zero-order valence-electron chi connectivity index (χ0n) is 11.8. The van der Waals surface area contributed by atoms with E-state index < -0.39 is 0 Å². The lowest BCUT2D eigenvalue weighted by Gasteiger charge is -2.20. The van der Waals surface area contributed by atoms with E-state index in [1.54, 1.807) is 0 Å². The first-order chi connectivity index (χ1) is 9.22. The second kappa shape index (κ2) is 5.41. The molecular formula is C16H23NO2. The van der Waals surface area contributed by atoms with Gasteiger partial charge in [-0.2, -0.15) is 0 Å². The Balaban J connectivity index is 1.64. The van der Waals surface area contributed by atoms with Crippen molar-refractivity contribution in [1.29, 1.82) is 0 Å². The third-order valence-electron chi connectivity index (χ3n) is 3.87. The molecule has 1 saturated carbocycles. The van der Waals surface area contributed by atoms with Gasteiger partial charge in [-0.15, -0.1) is 0 Å². The molecule has 1 aliphatic heterocycles. The van der Waals surface area contributed by atoms with E-state index in [0.717, 1.165) is 30.4 Å². The first kappa shape index (κ1) is 12.8. The van der Waals surface area contributed by atoms with Crippen LogP contribution in [0.3, 0.4) is 0 Å². The van der Waals surface area contributed by atoms with Crippen LogP contribution in [0.4, 0.5) is 0 Å². The first-order valence-corrected chi connectivity index (χ1v) is 7.34. The van der Waals surface area contributed by atoms with Crippen molar-refractivity contribution in [2.75, 3.05) is 13.3 Å². The lowest BCUT2D eigenvalue weighted by Crippen LogP contribution is -2.35. The Bertz CT molecular complexity index is 440. The van der Waals surface area contributed by atoms with Gasteiger partial charge in [0.05, 0.1) is 0 Å². The molecular weight excluding hydrogens is 238 g/mol. The van der Waals surface area contributed by atoms with Crippen LogP contribution in [-0.2, 0) is 6.42 Å². The van der Waals surface area contributed by atoms with Gasteiger partial charge in [0.1, 0.15) is 0 Å². The molecule has 0 spiro atoms. The molecule has 3 nitrogen and oxygen atoms in total. The normalized spacial score (nSPS) is 18.9. The Morgan fingerprint density at radius 2 is 2.00 bits per heavy atom. The molecule has 3 heteroatoms. The van der Waals surface area contributed by atoms with Crippen LogP contribution in [0.15, 0.2) is 18.2 Å². The van der Waals surface area contributed by atoms with Gasteiger partial charge in [-0.05, 0) is 55.3 Å². The molecule has 3 rings (SSSR count). The number of hydrogen-bond acceptors (Lipinski definition) is 3. The number of fused-ring (bicyclic) bond motifs is 1. The SMILES string of the molecule is CC(C)CNC(Cc1ccc2c(c1)OCO2)C1CC1. The van der Waals surface area contributed by atoms with E-state index in [4.69, 9.17) is 9.47 Å². The molecule has 0 amide bonds. The highest BCUT2D eigenvalue weighted by molar-refractivity contribution is 5.44. The number of benzene rings is 1. The molecule has 0 radical (unpaired) electrons. The molecule has 1 heterocycles. The van der Waals surface area contributed by atoms with Crippen LogP contribution in [0, 0.1) is 11.8 Å². The van der Waals surface area contributed by atoms with E-state index in [-0.39, 0.29) is 0 Å². The van der Waals surface area contributed by atoms with Crippen molar-refractivity contribution in [3.8, 4) is 11.5 Å². The van der Waals surface area contributed by atoms with Crippen molar-refractivity contribution in [2.24, 2.45) is 11.8 Å². The van der Waals surface area contributed by atoms with Gasteiger partial charge in [0, 0.05) is 6.04 Å². The molecule has 0 aromatic heterocycles. The van der Waals surface area contributed by atoms with E-state index in [0.29, 0.717) is 18.8 Å². The Morgan fingerprint density at radius 3 is 2.74 bits per heavy atom. The minimum absolute atomic E-state index is 0.358. The smallest absolute Gasteiger partial charge is 0.231 e. The number of ether oxygens (including phenoxy) is 2. The van der Waals surface area contributed by atoms with Gasteiger partial charge in [0.15, 0.2) is 11.5 Å². The molecule has 19 heavy (non-hydrogen) atoms. The van der Waals surface area contributed by atoms with Gasteiger partial charge < -0.3 is 14.8 Å². The van der Waals surface area contributed by atoms with Crippen LogP contribution in [0.5, 0.6) is 11.5 Å². The summed E-state index contributed by atoms with van der Waals surface area (Å²) in [6, 6.07) is 6.95. The fourth-order valence-corrected chi connectivity index (χ4v) is 2.61. The predicted octanol–water partition coefficient (Wildman–Crippen LogP) is 2.98. The molecule has 2 aliphatic rings. The van der Waals surface area contributed by atoms with Crippen molar-refractivity contribution >= 4 is 0 Å². The summed E-state index contributed by atoms with van der Waals surface area (Å²) in [6.07, 6.45) is 3.84. The Hall–Kier alpha value is -1.22. The van der Waals surface area contributed by atoms with E-state index in [1.165, 1.54) is 18.4 Å². The van der Waals surface area contributed by atoms with Crippen molar-refractivity contribution in [2.45, 2.75) is 39.2 Å². The van der Waals surface area contributed by atoms with Gasteiger partial charge in [0.2, 0.25) is 6.79 Å². The molecule has 1 unspecified atom stereocenters. The van der Waals surface area contributed by atoms with Crippen LogP contribution in [-0.4, -0.2) is 19.4 Å². The second-order valence-electron chi connectivity index (χ2n) is 6.14. The van der Waals surface area contributed by atoms with Crippen LogP contribution in [0.2, 0.25) is 0 Å². The molecule has 1 aromatic carbocycles. The lowest BCUT2D eigenvalue weighted by molar-refractivity contribution is 0.174. The van der Waals surface area contributed by atoms with Crippen LogP contribution in [0.1, 0.15) is 32.3 Å². The summed E-state index contributed by atoms with van der Waals surface area (Å²) in [5.74, 6) is 3.35. The van der Waals surface area contributed by atoms with Gasteiger partial charge in [-0.3, -0.25) is 0 Å². The van der Waals surface area contributed by atoms with E-state index in [9.17, 15) is 0 Å². The maximum Gasteiger partial charge on any atom is 0.231 e. The summed E-state index contributed by atoms with van der Waals surface area (Å²) in [4.78, 5) is 0. The highest BCUT2D eigenvalue weighted by atomic mass is 16.7. The summed E-state index contributed by atoms with van der Waals surface area (Å²) in [6.45, 7) is 5.98. The highest BCUT2D eigenvalue weighted by Gasteiger charge is 2.31. The van der Waals surface area contributed by atoms with Crippen molar-refractivity contribution < 1.29 is 9.47 Å². The molecule has 0 bridgehead atoms. The Labute approximate surface area is 115 Å². The van der Waals surface area contributed by atoms with Crippen molar-refractivity contribution in [3.05, 3.63) is 23.8 Å². The average Bonchev–Trinajstić information content (AvgIpc) is 3.12. The third kappa shape index (κ3) is 3.21. The molecule has 1 aromatic rings. The van der Waals surface area contributed by atoms with E-state index in [2.05, 4.69) is 31.3 Å². The molecule has 0 saturated heterocycles. The van der Waals surface area contributed by atoms with Crippen LogP contribution >= 0.6 is 0 Å². The topological polar surface area (TPSA) is 30.5 Å². The van der Waals surface area contributed by atoms with Gasteiger partial charge >= 0.3 is 0 Å². The fraction of sp³-hybridized carbons (Fsp3) is 0.625. The minimum Gasteiger partial charge on any atom is -0.454 e. The van der Waals surface area contributed by atoms with E-state index in [1.807, 2.05) is 6.07 Å². The molecule has 1 aliphatic carbocycles. The molecule has 1 atom stereocenters. The third-order valence-corrected chi connectivity index (χ3v) is 3.87. The van der Waals surface area contributed by atoms with Crippen molar-refractivity contribution in [3.63, 3.8) is 0 Å². The quantitative estimate of drug-likeness (QED) is 0.854. The maximum absolute atomic E-state index is 5.45. The first-order valence-electron chi connectivity index (χ1n) is 7.34. The summed E-state index contributed by atoms with van der Waals surface area (Å²) < 4.78 is 10.8. The number of hydrogen-bond donors (Lipinski definition) is 1. The van der Waals surface area contributed by atoms with E-state index >= 15 is 0 Å². The summed E-state index contributed by atoms with van der Waals surface area (Å²) in [7, 11) is 0. The molecule has 1 fully saturated rings. The maximum atomic E-state index is 5.45. The minimum atomic E-state index is 0.358. The summed E-state index contributed by atoms with van der Waals surface area (Å²) in [5.41, 5.74) is 1.34. The van der Waals surface area contributed by atoms with Crippen LogP contribution in [0.25, 0.3) is 0 Å². The van der Waals surface area contributed by atoms with Crippen molar-refractivity contribution in [1.82, 2.24) is 5.32 Å². The summed E-state index contributed by atoms with van der Waals surface area (Å²) in [5, 5.41) is 3.73. The molecule has 1 N–H and O–H groups in total. The standard InChI is InChI=1S/C16H23NO2/c1-11(2)9-17-14(13-4-5-13)7-12-3-6-15-16(8-12)19-10-18-15/h3,6,8,11,13-14,17H,4-5,7,9-10H2,1-2H3. The zero-order chi connectivity index (χ0) is 13.2. The zero-order valence-corrected chi connectivity index (χ0v) is 11.8.